The zero-order valence-corrected chi connectivity index (χ0v) is 12.4. The van der Waals surface area contributed by atoms with Crippen molar-refractivity contribution in [1.82, 2.24) is 10.6 Å². The predicted octanol–water partition coefficient (Wildman–Crippen LogP) is 2.66. The highest BCUT2D eigenvalue weighted by molar-refractivity contribution is 9.10. The van der Waals surface area contributed by atoms with E-state index in [1.807, 2.05) is 6.07 Å². The Hall–Kier alpha value is -1.59. The summed E-state index contributed by atoms with van der Waals surface area (Å²) < 4.78 is 5.80. The molecule has 0 radical (unpaired) electrons. The van der Waals surface area contributed by atoms with Crippen molar-refractivity contribution < 1.29 is 9.21 Å². The van der Waals surface area contributed by atoms with Gasteiger partial charge < -0.3 is 15.1 Å². The minimum Gasteiger partial charge on any atom is -0.444 e. The van der Waals surface area contributed by atoms with Gasteiger partial charge in [-0.3, -0.25) is 4.79 Å². The molecule has 3 rings (SSSR count). The van der Waals surface area contributed by atoms with Gasteiger partial charge in [-0.1, -0.05) is 24.3 Å². The van der Waals surface area contributed by atoms with Gasteiger partial charge in [-0.15, -0.1) is 0 Å². The van der Waals surface area contributed by atoms with Crippen LogP contribution in [-0.4, -0.2) is 19.0 Å². The minimum absolute atomic E-state index is 0.155. The lowest BCUT2D eigenvalue weighted by Crippen LogP contribution is -2.38. The molecule has 0 spiro atoms. The van der Waals surface area contributed by atoms with E-state index in [4.69, 9.17) is 4.42 Å². The third-order valence-corrected chi connectivity index (χ3v) is 3.91. The molecule has 0 bridgehead atoms. The van der Waals surface area contributed by atoms with Gasteiger partial charge in [0, 0.05) is 12.6 Å². The van der Waals surface area contributed by atoms with E-state index in [2.05, 4.69) is 44.8 Å². The van der Waals surface area contributed by atoms with E-state index in [0.717, 1.165) is 13.0 Å². The van der Waals surface area contributed by atoms with Crippen LogP contribution >= 0.6 is 15.9 Å². The summed E-state index contributed by atoms with van der Waals surface area (Å²) >= 11 is 3.19. The lowest BCUT2D eigenvalue weighted by atomic mass is 9.94. The first-order chi connectivity index (χ1) is 9.74. The van der Waals surface area contributed by atoms with Gasteiger partial charge in [0.2, 0.25) is 0 Å². The predicted molar refractivity (Wildman–Crippen MR) is 79.6 cm³/mol. The molecule has 1 unspecified atom stereocenters. The number of halogens is 1. The summed E-state index contributed by atoms with van der Waals surface area (Å²) in [5.41, 5.74) is 2.62. The second kappa shape index (κ2) is 5.81. The third kappa shape index (κ3) is 2.78. The van der Waals surface area contributed by atoms with Gasteiger partial charge >= 0.3 is 0 Å². The number of fused-ring (bicyclic) bond motifs is 1. The summed E-state index contributed by atoms with van der Waals surface area (Å²) in [5.74, 6) is 0.126. The molecule has 1 amide bonds. The molecule has 1 aliphatic heterocycles. The fourth-order valence-corrected chi connectivity index (χ4v) is 2.80. The van der Waals surface area contributed by atoms with Crippen LogP contribution in [0.1, 0.15) is 27.7 Å². The van der Waals surface area contributed by atoms with E-state index in [-0.39, 0.29) is 11.9 Å². The number of carbonyl (C=O) groups excluding carboxylic acids is 1. The van der Waals surface area contributed by atoms with Crippen molar-refractivity contribution in [1.29, 1.82) is 0 Å². The number of nitrogens with one attached hydrogen (secondary N) is 2. The second-order valence-corrected chi connectivity index (χ2v) is 5.55. The Morgan fingerprint density at radius 2 is 2.20 bits per heavy atom. The lowest BCUT2D eigenvalue weighted by molar-refractivity contribution is 0.0920. The maximum absolute atomic E-state index is 12.0. The molecule has 2 aromatic rings. The van der Waals surface area contributed by atoms with E-state index < -0.39 is 0 Å². The van der Waals surface area contributed by atoms with Crippen molar-refractivity contribution in [2.24, 2.45) is 0 Å². The highest BCUT2D eigenvalue weighted by Crippen LogP contribution is 2.22. The van der Waals surface area contributed by atoms with Gasteiger partial charge in [-0.2, -0.15) is 0 Å². The summed E-state index contributed by atoms with van der Waals surface area (Å²) in [6.45, 7) is 1.48. The van der Waals surface area contributed by atoms with Gasteiger partial charge in [0.05, 0.1) is 0 Å². The van der Waals surface area contributed by atoms with Crippen LogP contribution < -0.4 is 10.6 Å². The topological polar surface area (TPSA) is 54.3 Å². The maximum Gasteiger partial charge on any atom is 0.287 e. The highest BCUT2D eigenvalue weighted by Gasteiger charge is 2.20. The second-order valence-electron chi connectivity index (χ2n) is 4.77. The fraction of sp³-hybridized carbons (Fsp3) is 0.267. The first-order valence-corrected chi connectivity index (χ1v) is 7.38. The molecule has 0 saturated heterocycles. The van der Waals surface area contributed by atoms with E-state index in [1.54, 1.807) is 12.1 Å². The Morgan fingerprint density at radius 1 is 1.35 bits per heavy atom. The number of benzene rings is 1. The number of rotatable bonds is 3. The average molecular weight is 335 g/mol. The molecule has 1 atom stereocenters. The van der Waals surface area contributed by atoms with Crippen LogP contribution in [0.4, 0.5) is 0 Å². The molecular formula is C15H15BrN2O2. The zero-order valence-electron chi connectivity index (χ0n) is 10.9. The Kier molecular flexibility index (Phi) is 3.89. The molecule has 0 fully saturated rings. The van der Waals surface area contributed by atoms with Crippen molar-refractivity contribution >= 4 is 21.8 Å². The first kappa shape index (κ1) is 13.4. The first-order valence-electron chi connectivity index (χ1n) is 6.59. The average Bonchev–Trinajstić information content (AvgIpc) is 2.91. The smallest absolute Gasteiger partial charge is 0.287 e. The maximum atomic E-state index is 12.0. The molecule has 0 aliphatic carbocycles. The molecule has 104 valence electrons. The van der Waals surface area contributed by atoms with Crippen molar-refractivity contribution in [2.75, 3.05) is 13.1 Å². The highest BCUT2D eigenvalue weighted by atomic mass is 79.9. The molecule has 5 heteroatoms. The molecule has 4 nitrogen and oxygen atoms in total. The van der Waals surface area contributed by atoms with Gasteiger partial charge in [-0.25, -0.2) is 0 Å². The number of amides is 1. The molecular weight excluding hydrogens is 320 g/mol. The van der Waals surface area contributed by atoms with Crippen molar-refractivity contribution in [3.63, 3.8) is 0 Å². The quantitative estimate of drug-likeness (QED) is 0.907. The third-order valence-electron chi connectivity index (χ3n) is 3.48. The summed E-state index contributed by atoms with van der Waals surface area (Å²) in [6, 6.07) is 11.9. The van der Waals surface area contributed by atoms with Gasteiger partial charge in [0.1, 0.15) is 0 Å². The Labute approximate surface area is 125 Å². The Bertz CT molecular complexity index is 624. The van der Waals surface area contributed by atoms with Gasteiger partial charge in [-0.05, 0) is 52.2 Å². The largest absolute Gasteiger partial charge is 0.444 e. The van der Waals surface area contributed by atoms with Crippen LogP contribution in [0.25, 0.3) is 0 Å². The zero-order chi connectivity index (χ0) is 13.9. The summed E-state index contributed by atoms with van der Waals surface area (Å²) in [5, 5.41) is 6.34. The Balaban J connectivity index is 1.66. The number of carbonyl (C=O) groups is 1. The van der Waals surface area contributed by atoms with Crippen LogP contribution in [-0.2, 0) is 6.42 Å². The van der Waals surface area contributed by atoms with Crippen LogP contribution in [0, 0.1) is 0 Å². The molecule has 2 heterocycles. The SMILES string of the molecule is O=C(NCC1NCCc2ccccc21)c1ccc(Br)o1. The fourth-order valence-electron chi connectivity index (χ4n) is 2.49. The lowest BCUT2D eigenvalue weighted by Gasteiger charge is -2.26. The molecule has 2 N–H and O–H groups in total. The van der Waals surface area contributed by atoms with Crippen molar-refractivity contribution in [2.45, 2.75) is 12.5 Å². The summed E-state index contributed by atoms with van der Waals surface area (Å²) in [4.78, 5) is 12.0. The van der Waals surface area contributed by atoms with Crippen LogP contribution in [0.5, 0.6) is 0 Å². The van der Waals surface area contributed by atoms with Crippen LogP contribution in [0.15, 0.2) is 45.5 Å². The van der Waals surface area contributed by atoms with Crippen LogP contribution in [0.3, 0.4) is 0 Å². The summed E-state index contributed by atoms with van der Waals surface area (Å²) in [7, 11) is 0. The number of furan rings is 1. The van der Waals surface area contributed by atoms with E-state index >= 15 is 0 Å². The standard InChI is InChI=1S/C15H15BrN2O2/c16-14-6-5-13(20-14)15(19)18-9-12-11-4-2-1-3-10(11)7-8-17-12/h1-6,12,17H,7-9H2,(H,18,19). The van der Waals surface area contributed by atoms with Crippen molar-refractivity contribution in [3.05, 3.63) is 58.0 Å². The van der Waals surface area contributed by atoms with Crippen molar-refractivity contribution in [3.8, 4) is 0 Å². The normalized spacial score (nSPS) is 17.6. The van der Waals surface area contributed by atoms with Gasteiger partial charge in [0.25, 0.3) is 5.91 Å². The molecule has 1 aromatic carbocycles. The summed E-state index contributed by atoms with van der Waals surface area (Å²) in [6.07, 6.45) is 1.03. The number of hydrogen-bond donors (Lipinski definition) is 2. The van der Waals surface area contributed by atoms with Crippen LogP contribution in [0.2, 0.25) is 0 Å². The molecule has 1 aliphatic rings. The Morgan fingerprint density at radius 3 is 3.00 bits per heavy atom. The van der Waals surface area contributed by atoms with E-state index in [9.17, 15) is 4.79 Å². The van der Waals surface area contributed by atoms with Gasteiger partial charge in [0.15, 0.2) is 10.4 Å². The molecule has 0 saturated carbocycles. The molecule has 20 heavy (non-hydrogen) atoms. The molecule has 1 aromatic heterocycles. The van der Waals surface area contributed by atoms with E-state index in [0.29, 0.717) is 17.0 Å². The number of hydrogen-bond acceptors (Lipinski definition) is 3. The minimum atomic E-state index is -0.194. The monoisotopic (exact) mass is 334 g/mol. The van der Waals surface area contributed by atoms with E-state index in [1.165, 1.54) is 11.1 Å².